The van der Waals surface area contributed by atoms with Crippen LogP contribution in [0.5, 0.6) is 0 Å². The van der Waals surface area contributed by atoms with Crippen LogP contribution in [0.2, 0.25) is 0 Å². The maximum absolute atomic E-state index is 12.1. The number of hydrogen-bond donors (Lipinski definition) is 1. The molecule has 3 rings (SSSR count). The van der Waals surface area contributed by atoms with E-state index in [4.69, 9.17) is 4.74 Å². The molecule has 2 aromatic rings. The zero-order valence-electron chi connectivity index (χ0n) is 16.3. The van der Waals surface area contributed by atoms with Crippen molar-refractivity contribution in [1.82, 2.24) is 25.1 Å². The van der Waals surface area contributed by atoms with Crippen LogP contribution in [0.15, 0.2) is 23.5 Å². The van der Waals surface area contributed by atoms with Crippen molar-refractivity contribution in [3.8, 4) is 11.4 Å². The van der Waals surface area contributed by atoms with Crippen LogP contribution in [0.3, 0.4) is 0 Å². The van der Waals surface area contributed by atoms with Crippen LogP contribution in [0, 0.1) is 0 Å². The highest BCUT2D eigenvalue weighted by molar-refractivity contribution is 7.90. The van der Waals surface area contributed by atoms with E-state index in [-0.39, 0.29) is 17.1 Å². The van der Waals surface area contributed by atoms with Gasteiger partial charge in [-0.2, -0.15) is 10.1 Å². The summed E-state index contributed by atoms with van der Waals surface area (Å²) in [5.74, 6) is 1.04. The standard InChI is InChI=1S/C17H24N6O4S/c1-17(2,3)27-16(24)23-9-7-22(8-10-23)13-6-5-12(11-18-13)14-19-15(21-20-14)28(4,25)26/h5-6,11H,7-10H2,1-4H3,(H,19,20,21). The van der Waals surface area contributed by atoms with Crippen molar-refractivity contribution < 1.29 is 17.9 Å². The fraction of sp³-hybridized carbons (Fsp3) is 0.529. The molecule has 1 saturated heterocycles. The van der Waals surface area contributed by atoms with Crippen LogP contribution in [0.1, 0.15) is 20.8 Å². The molecule has 0 aromatic carbocycles. The number of sulfone groups is 1. The first-order chi connectivity index (χ1) is 13.0. The summed E-state index contributed by atoms with van der Waals surface area (Å²) < 4.78 is 28.4. The number of hydrogen-bond acceptors (Lipinski definition) is 8. The van der Waals surface area contributed by atoms with Crippen molar-refractivity contribution >= 4 is 21.7 Å². The van der Waals surface area contributed by atoms with E-state index in [1.165, 1.54) is 0 Å². The lowest BCUT2D eigenvalue weighted by Crippen LogP contribution is -2.50. The molecular formula is C17H24N6O4S. The summed E-state index contributed by atoms with van der Waals surface area (Å²) in [4.78, 5) is 24.3. The highest BCUT2D eigenvalue weighted by Gasteiger charge is 2.26. The van der Waals surface area contributed by atoms with Crippen molar-refractivity contribution in [2.45, 2.75) is 31.5 Å². The van der Waals surface area contributed by atoms with Crippen LogP contribution in [0.4, 0.5) is 10.6 Å². The lowest BCUT2D eigenvalue weighted by Gasteiger charge is -2.36. The Balaban J connectivity index is 1.62. The van der Waals surface area contributed by atoms with Gasteiger partial charge >= 0.3 is 6.09 Å². The summed E-state index contributed by atoms with van der Waals surface area (Å²) in [5, 5.41) is 6.17. The number of H-pyrrole nitrogens is 1. The fourth-order valence-electron chi connectivity index (χ4n) is 2.69. The topological polar surface area (TPSA) is 121 Å². The molecule has 3 heterocycles. The highest BCUT2D eigenvalue weighted by Crippen LogP contribution is 2.20. The third-order valence-electron chi connectivity index (χ3n) is 4.08. The molecule has 2 aromatic heterocycles. The van der Waals surface area contributed by atoms with Crippen molar-refractivity contribution in [2.24, 2.45) is 0 Å². The molecule has 1 N–H and O–H groups in total. The maximum atomic E-state index is 12.1. The molecule has 1 aliphatic heterocycles. The number of nitrogens with zero attached hydrogens (tertiary/aromatic N) is 5. The van der Waals surface area contributed by atoms with Crippen LogP contribution in [-0.2, 0) is 14.6 Å². The van der Waals surface area contributed by atoms with Gasteiger partial charge in [-0.05, 0) is 32.9 Å². The molecule has 1 fully saturated rings. The monoisotopic (exact) mass is 408 g/mol. The Bertz CT molecular complexity index is 941. The molecule has 0 atom stereocenters. The Hall–Kier alpha value is -2.69. The van der Waals surface area contributed by atoms with Crippen LogP contribution >= 0.6 is 0 Å². The molecule has 0 saturated carbocycles. The third-order valence-corrected chi connectivity index (χ3v) is 4.96. The van der Waals surface area contributed by atoms with E-state index in [0.717, 1.165) is 12.1 Å². The minimum Gasteiger partial charge on any atom is -0.444 e. The number of aromatic nitrogens is 4. The van der Waals surface area contributed by atoms with Crippen LogP contribution in [0.25, 0.3) is 11.4 Å². The first kappa shape index (κ1) is 20.1. The Morgan fingerprint density at radius 2 is 1.86 bits per heavy atom. The number of carbonyl (C=O) groups excluding carboxylic acids is 1. The first-order valence-corrected chi connectivity index (χ1v) is 10.7. The quantitative estimate of drug-likeness (QED) is 0.807. The van der Waals surface area contributed by atoms with E-state index < -0.39 is 15.4 Å². The van der Waals surface area contributed by atoms with Crippen molar-refractivity contribution in [2.75, 3.05) is 37.3 Å². The molecule has 0 unspecified atom stereocenters. The number of ether oxygens (including phenoxy) is 1. The number of pyridine rings is 1. The van der Waals surface area contributed by atoms with E-state index in [1.54, 1.807) is 17.2 Å². The van der Waals surface area contributed by atoms with E-state index in [0.29, 0.717) is 31.7 Å². The molecule has 0 spiro atoms. The molecule has 28 heavy (non-hydrogen) atoms. The lowest BCUT2D eigenvalue weighted by molar-refractivity contribution is 0.0240. The van der Waals surface area contributed by atoms with Crippen LogP contribution < -0.4 is 4.90 Å². The first-order valence-electron chi connectivity index (χ1n) is 8.85. The maximum Gasteiger partial charge on any atom is 0.410 e. The molecular weight excluding hydrogens is 384 g/mol. The second kappa shape index (κ2) is 7.38. The number of rotatable bonds is 3. The predicted molar refractivity (Wildman–Crippen MR) is 103 cm³/mol. The second-order valence-corrected chi connectivity index (χ2v) is 9.53. The molecule has 152 valence electrons. The predicted octanol–water partition coefficient (Wildman–Crippen LogP) is 1.33. The van der Waals surface area contributed by atoms with Gasteiger partial charge < -0.3 is 14.5 Å². The van der Waals surface area contributed by atoms with Crippen molar-refractivity contribution in [1.29, 1.82) is 0 Å². The normalized spacial score (nSPS) is 15.6. The number of aromatic amines is 1. The zero-order valence-corrected chi connectivity index (χ0v) is 17.2. The Labute approximate surface area is 163 Å². The van der Waals surface area contributed by atoms with Gasteiger partial charge in [0.25, 0.3) is 0 Å². The second-order valence-electron chi connectivity index (χ2n) is 7.60. The number of nitrogens with one attached hydrogen (secondary N) is 1. The number of piperazine rings is 1. The molecule has 11 heteroatoms. The molecule has 0 bridgehead atoms. The van der Waals surface area contributed by atoms with E-state index in [1.807, 2.05) is 26.8 Å². The summed E-state index contributed by atoms with van der Waals surface area (Å²) in [7, 11) is -3.44. The molecule has 10 nitrogen and oxygen atoms in total. The smallest absolute Gasteiger partial charge is 0.410 e. The summed E-state index contributed by atoms with van der Waals surface area (Å²) in [5.41, 5.74) is 0.102. The minimum absolute atomic E-state index is 0.176. The highest BCUT2D eigenvalue weighted by atomic mass is 32.2. The van der Waals surface area contributed by atoms with Gasteiger partial charge in [0, 0.05) is 44.2 Å². The number of carbonyl (C=O) groups is 1. The molecule has 0 radical (unpaired) electrons. The van der Waals surface area contributed by atoms with Gasteiger partial charge in [-0.25, -0.2) is 23.3 Å². The molecule has 1 aliphatic rings. The van der Waals surface area contributed by atoms with Gasteiger partial charge in [-0.15, -0.1) is 0 Å². The molecule has 1 amide bonds. The summed E-state index contributed by atoms with van der Waals surface area (Å²) in [6.45, 7) is 7.93. The Morgan fingerprint density at radius 3 is 2.36 bits per heavy atom. The summed E-state index contributed by atoms with van der Waals surface area (Å²) in [6.07, 6.45) is 2.36. The van der Waals surface area contributed by atoms with Crippen molar-refractivity contribution in [3.05, 3.63) is 18.3 Å². The SMILES string of the molecule is CC(C)(C)OC(=O)N1CCN(c2ccc(-c3n[nH]c(S(C)(=O)=O)n3)cn2)CC1. The fourth-order valence-corrected chi connectivity index (χ4v) is 3.16. The number of amides is 1. The zero-order chi connectivity index (χ0) is 20.5. The van der Waals surface area contributed by atoms with Gasteiger partial charge in [0.1, 0.15) is 11.4 Å². The van der Waals surface area contributed by atoms with E-state index in [2.05, 4.69) is 25.1 Å². The Morgan fingerprint density at radius 1 is 1.18 bits per heavy atom. The largest absolute Gasteiger partial charge is 0.444 e. The van der Waals surface area contributed by atoms with Gasteiger partial charge in [-0.1, -0.05) is 0 Å². The van der Waals surface area contributed by atoms with Crippen LogP contribution in [-0.4, -0.2) is 77.6 Å². The van der Waals surface area contributed by atoms with Gasteiger partial charge in [0.15, 0.2) is 5.82 Å². The Kier molecular flexibility index (Phi) is 5.28. The lowest BCUT2D eigenvalue weighted by atomic mass is 10.2. The third kappa shape index (κ3) is 4.77. The average molecular weight is 408 g/mol. The summed E-state index contributed by atoms with van der Waals surface area (Å²) in [6, 6.07) is 3.62. The number of anilines is 1. The summed E-state index contributed by atoms with van der Waals surface area (Å²) >= 11 is 0. The molecule has 0 aliphatic carbocycles. The minimum atomic E-state index is -3.44. The van der Waals surface area contributed by atoms with E-state index in [9.17, 15) is 13.2 Å². The van der Waals surface area contributed by atoms with Gasteiger partial charge in [0.05, 0.1) is 0 Å². The van der Waals surface area contributed by atoms with Crippen molar-refractivity contribution in [3.63, 3.8) is 0 Å². The van der Waals surface area contributed by atoms with E-state index >= 15 is 0 Å². The average Bonchev–Trinajstić information content (AvgIpc) is 3.11. The van der Waals surface area contributed by atoms with Gasteiger partial charge in [0.2, 0.25) is 15.0 Å². The van der Waals surface area contributed by atoms with Gasteiger partial charge in [-0.3, -0.25) is 0 Å².